The van der Waals surface area contributed by atoms with Crippen molar-refractivity contribution in [2.45, 2.75) is 25.2 Å². The van der Waals surface area contributed by atoms with Crippen LogP contribution in [-0.4, -0.2) is 30.2 Å². The van der Waals surface area contributed by atoms with E-state index < -0.39 is 28.2 Å². The van der Waals surface area contributed by atoms with Crippen molar-refractivity contribution in [1.82, 2.24) is 4.98 Å². The molecule has 0 aromatic carbocycles. The highest BCUT2D eigenvalue weighted by atomic mass is 32.2. The average molecular weight is 276 g/mol. The van der Waals surface area contributed by atoms with Crippen molar-refractivity contribution in [3.63, 3.8) is 0 Å². The van der Waals surface area contributed by atoms with Crippen LogP contribution in [0.1, 0.15) is 30.9 Å². The summed E-state index contributed by atoms with van der Waals surface area (Å²) >= 11 is 1.23. The number of aromatic nitrogens is 1. The SMILES string of the molecule is O=C(O)CCS(=O)(=O)Nc1nc(C2CC2)cs1. The summed E-state index contributed by atoms with van der Waals surface area (Å²) in [4.78, 5) is 14.5. The Hall–Kier alpha value is -1.15. The van der Waals surface area contributed by atoms with E-state index in [9.17, 15) is 13.2 Å². The summed E-state index contributed by atoms with van der Waals surface area (Å²) < 4.78 is 25.3. The summed E-state index contributed by atoms with van der Waals surface area (Å²) in [6, 6.07) is 0. The van der Waals surface area contributed by atoms with Crippen LogP contribution in [0.25, 0.3) is 0 Å². The van der Waals surface area contributed by atoms with E-state index in [4.69, 9.17) is 5.11 Å². The summed E-state index contributed by atoms with van der Waals surface area (Å²) in [5, 5.41) is 10.6. The second-order valence-corrected chi connectivity index (χ2v) is 6.62. The number of anilines is 1. The molecule has 0 atom stereocenters. The molecule has 0 unspecified atom stereocenters. The lowest BCUT2D eigenvalue weighted by atomic mass is 10.3. The molecule has 94 valence electrons. The average Bonchev–Trinajstić information content (AvgIpc) is 2.98. The molecule has 17 heavy (non-hydrogen) atoms. The van der Waals surface area contributed by atoms with Gasteiger partial charge in [-0.3, -0.25) is 9.52 Å². The summed E-state index contributed by atoms with van der Waals surface area (Å²) in [6.45, 7) is 0. The van der Waals surface area contributed by atoms with Gasteiger partial charge in [0.15, 0.2) is 5.13 Å². The number of carboxylic acid groups (broad SMARTS) is 1. The largest absolute Gasteiger partial charge is 0.481 e. The molecule has 0 radical (unpaired) electrons. The summed E-state index contributed by atoms with van der Waals surface area (Å²) in [6.07, 6.45) is 1.81. The van der Waals surface area contributed by atoms with Crippen molar-refractivity contribution in [1.29, 1.82) is 0 Å². The lowest BCUT2D eigenvalue weighted by molar-refractivity contribution is -0.136. The zero-order chi connectivity index (χ0) is 12.5. The monoisotopic (exact) mass is 276 g/mol. The molecule has 0 spiro atoms. The summed E-state index contributed by atoms with van der Waals surface area (Å²) in [7, 11) is -3.60. The maximum Gasteiger partial charge on any atom is 0.304 e. The number of carboxylic acids is 1. The number of nitrogens with zero attached hydrogens (tertiary/aromatic N) is 1. The van der Waals surface area contributed by atoms with Gasteiger partial charge in [0.2, 0.25) is 10.0 Å². The number of thiazole rings is 1. The first-order valence-electron chi connectivity index (χ1n) is 5.14. The van der Waals surface area contributed by atoms with E-state index in [2.05, 4.69) is 9.71 Å². The first-order chi connectivity index (χ1) is 7.96. The second-order valence-electron chi connectivity index (χ2n) is 3.92. The van der Waals surface area contributed by atoms with E-state index in [1.807, 2.05) is 5.38 Å². The van der Waals surface area contributed by atoms with Gasteiger partial charge in [0.25, 0.3) is 0 Å². The van der Waals surface area contributed by atoms with Crippen LogP contribution in [0.5, 0.6) is 0 Å². The molecular formula is C9H12N2O4S2. The van der Waals surface area contributed by atoms with Crippen molar-refractivity contribution in [2.24, 2.45) is 0 Å². The van der Waals surface area contributed by atoms with Crippen molar-refractivity contribution in [2.75, 3.05) is 10.5 Å². The molecule has 0 bridgehead atoms. The third kappa shape index (κ3) is 3.67. The quantitative estimate of drug-likeness (QED) is 0.814. The van der Waals surface area contributed by atoms with Gasteiger partial charge in [-0.25, -0.2) is 13.4 Å². The Labute approximate surface area is 103 Å². The van der Waals surface area contributed by atoms with Gasteiger partial charge in [0.1, 0.15) is 0 Å². The van der Waals surface area contributed by atoms with Gasteiger partial charge in [-0.05, 0) is 12.8 Å². The standard InChI is InChI=1S/C9H12N2O4S2/c12-8(13)3-4-17(14,15)11-9-10-7(5-16-9)6-1-2-6/h5-6H,1-4H2,(H,10,11)(H,12,13). The number of hydrogen-bond acceptors (Lipinski definition) is 5. The van der Waals surface area contributed by atoms with Crippen molar-refractivity contribution < 1.29 is 18.3 Å². The molecular weight excluding hydrogens is 264 g/mol. The number of rotatable bonds is 6. The molecule has 2 N–H and O–H groups in total. The van der Waals surface area contributed by atoms with Crippen LogP contribution in [0.15, 0.2) is 5.38 Å². The Morgan fingerprint density at radius 3 is 2.88 bits per heavy atom. The number of carbonyl (C=O) groups is 1. The summed E-state index contributed by atoms with van der Waals surface area (Å²) in [5.41, 5.74) is 0.922. The predicted molar refractivity (Wildman–Crippen MR) is 63.8 cm³/mol. The Bertz CT molecular complexity index is 519. The van der Waals surface area contributed by atoms with Gasteiger partial charge < -0.3 is 5.11 Å². The van der Waals surface area contributed by atoms with Crippen LogP contribution in [-0.2, 0) is 14.8 Å². The molecule has 1 fully saturated rings. The first kappa shape index (κ1) is 12.3. The van der Waals surface area contributed by atoms with Gasteiger partial charge in [-0.15, -0.1) is 11.3 Å². The molecule has 1 aliphatic rings. The lowest BCUT2D eigenvalue weighted by Gasteiger charge is -2.02. The molecule has 0 aliphatic heterocycles. The fourth-order valence-electron chi connectivity index (χ4n) is 1.31. The Kier molecular flexibility index (Phi) is 3.34. The molecule has 0 saturated heterocycles. The Balaban J connectivity index is 1.96. The van der Waals surface area contributed by atoms with Crippen molar-refractivity contribution in [3.05, 3.63) is 11.1 Å². The fraction of sp³-hybridized carbons (Fsp3) is 0.556. The first-order valence-corrected chi connectivity index (χ1v) is 7.67. The Morgan fingerprint density at radius 1 is 1.59 bits per heavy atom. The van der Waals surface area contributed by atoms with Crippen LogP contribution in [0.3, 0.4) is 0 Å². The van der Waals surface area contributed by atoms with Crippen LogP contribution < -0.4 is 4.72 Å². The molecule has 0 amide bonds. The summed E-state index contributed by atoms with van der Waals surface area (Å²) in [5.74, 6) is -1.09. The zero-order valence-corrected chi connectivity index (χ0v) is 10.6. The molecule has 1 heterocycles. The minimum absolute atomic E-state index is 0.317. The van der Waals surface area contributed by atoms with Crippen molar-refractivity contribution >= 4 is 32.5 Å². The smallest absolute Gasteiger partial charge is 0.304 e. The van der Waals surface area contributed by atoms with Crippen LogP contribution in [0, 0.1) is 0 Å². The highest BCUT2D eigenvalue weighted by Gasteiger charge is 2.26. The van der Waals surface area contributed by atoms with Crippen molar-refractivity contribution in [3.8, 4) is 0 Å². The molecule has 1 aromatic heterocycles. The number of hydrogen-bond donors (Lipinski definition) is 2. The number of aliphatic carboxylic acids is 1. The molecule has 8 heteroatoms. The highest BCUT2D eigenvalue weighted by molar-refractivity contribution is 7.92. The topological polar surface area (TPSA) is 96.4 Å². The Morgan fingerprint density at radius 2 is 2.29 bits per heavy atom. The second kappa shape index (κ2) is 4.61. The van der Waals surface area contributed by atoms with Gasteiger partial charge >= 0.3 is 5.97 Å². The van der Waals surface area contributed by atoms with E-state index in [-0.39, 0.29) is 0 Å². The van der Waals surface area contributed by atoms with Gasteiger partial charge in [-0.1, -0.05) is 0 Å². The lowest BCUT2D eigenvalue weighted by Crippen LogP contribution is -2.18. The van der Waals surface area contributed by atoms with Gasteiger partial charge in [0, 0.05) is 11.3 Å². The maximum absolute atomic E-state index is 11.5. The minimum atomic E-state index is -3.60. The third-order valence-electron chi connectivity index (χ3n) is 2.35. The van der Waals surface area contributed by atoms with E-state index in [1.54, 1.807) is 0 Å². The van der Waals surface area contributed by atoms with Crippen LogP contribution in [0.2, 0.25) is 0 Å². The van der Waals surface area contributed by atoms with Gasteiger partial charge in [0.05, 0.1) is 17.9 Å². The van der Waals surface area contributed by atoms with E-state index in [0.717, 1.165) is 18.5 Å². The number of nitrogens with one attached hydrogen (secondary N) is 1. The predicted octanol–water partition coefficient (Wildman–Crippen LogP) is 1.24. The molecule has 6 nitrogen and oxygen atoms in total. The van der Waals surface area contributed by atoms with E-state index in [0.29, 0.717) is 11.0 Å². The van der Waals surface area contributed by atoms with E-state index >= 15 is 0 Å². The van der Waals surface area contributed by atoms with E-state index in [1.165, 1.54) is 11.3 Å². The van der Waals surface area contributed by atoms with Gasteiger partial charge in [-0.2, -0.15) is 0 Å². The third-order valence-corrected chi connectivity index (χ3v) is 4.50. The number of sulfonamides is 1. The highest BCUT2D eigenvalue weighted by Crippen LogP contribution is 2.40. The zero-order valence-electron chi connectivity index (χ0n) is 8.92. The molecule has 1 aromatic rings. The fourth-order valence-corrected chi connectivity index (χ4v) is 3.37. The van der Waals surface area contributed by atoms with Crippen LogP contribution >= 0.6 is 11.3 Å². The normalized spacial score (nSPS) is 15.8. The molecule has 1 aliphatic carbocycles. The molecule has 1 saturated carbocycles. The van der Waals surface area contributed by atoms with Crippen LogP contribution in [0.4, 0.5) is 5.13 Å². The maximum atomic E-state index is 11.5. The minimum Gasteiger partial charge on any atom is -0.481 e. The molecule has 2 rings (SSSR count).